The number of carbonyl (C=O) groups is 2. The van der Waals surface area contributed by atoms with Gasteiger partial charge in [-0.25, -0.2) is 13.2 Å². The molecule has 11 heteroatoms. The van der Waals surface area contributed by atoms with Gasteiger partial charge in [-0.3, -0.25) is 14.4 Å². The molecule has 0 aromatic heterocycles. The Morgan fingerprint density at radius 1 is 1.06 bits per heavy atom. The van der Waals surface area contributed by atoms with Crippen LogP contribution in [-0.2, 0) is 14.8 Å². The van der Waals surface area contributed by atoms with E-state index in [2.05, 4.69) is 10.0 Å². The number of nitrogens with one attached hydrogen (secondary N) is 2. The first-order chi connectivity index (χ1) is 16.2. The van der Waals surface area contributed by atoms with Crippen molar-refractivity contribution in [2.45, 2.75) is 18.2 Å². The van der Waals surface area contributed by atoms with Gasteiger partial charge in [0.15, 0.2) is 0 Å². The number of carboxylic acids is 1. The number of rotatable bonds is 10. The summed E-state index contributed by atoms with van der Waals surface area (Å²) in [5, 5.41) is 12.3. The molecule has 1 aliphatic heterocycles. The highest BCUT2D eigenvalue weighted by Crippen LogP contribution is 2.31. The van der Waals surface area contributed by atoms with Crippen molar-refractivity contribution in [3.63, 3.8) is 0 Å². The Balaban J connectivity index is 1.78. The van der Waals surface area contributed by atoms with Crippen molar-refractivity contribution in [2.75, 3.05) is 56.0 Å². The van der Waals surface area contributed by atoms with Crippen LogP contribution in [0.5, 0.6) is 5.75 Å². The van der Waals surface area contributed by atoms with Crippen LogP contribution in [0.25, 0.3) is 0 Å². The minimum atomic E-state index is -3.97. The molecular formula is C23H30N4O6S. The molecule has 0 bridgehead atoms. The highest BCUT2D eigenvalue weighted by molar-refractivity contribution is 7.92. The zero-order valence-corrected chi connectivity index (χ0v) is 20.1. The predicted octanol–water partition coefficient (Wildman–Crippen LogP) is 1.84. The third kappa shape index (κ3) is 6.39. The fourth-order valence-electron chi connectivity index (χ4n) is 3.66. The van der Waals surface area contributed by atoms with Crippen LogP contribution in [0.1, 0.15) is 23.7 Å². The van der Waals surface area contributed by atoms with Crippen molar-refractivity contribution in [2.24, 2.45) is 0 Å². The number of hydrogen-bond acceptors (Lipinski definition) is 7. The summed E-state index contributed by atoms with van der Waals surface area (Å²) in [7, 11) is -2.48. The van der Waals surface area contributed by atoms with Crippen LogP contribution in [0.3, 0.4) is 0 Å². The standard InChI is InChI=1S/C23H30N4O6S/c1-3-10-24-22(28)16-26-11-13-27(14-12-26)21-9-4-17(23(29)30)15-20(21)25-34(31,32)19-7-5-18(33-2)6-8-19/h4-9,15,25H,3,10-14,16H2,1-2H3,(H,24,28)(H,29,30). The lowest BCUT2D eigenvalue weighted by Gasteiger charge is -2.36. The SMILES string of the molecule is CCCNC(=O)CN1CCN(c2ccc(C(=O)O)cc2NS(=O)(=O)c2ccc(OC)cc2)CC1. The van der Waals surface area contributed by atoms with Gasteiger partial charge in [-0.2, -0.15) is 0 Å². The lowest BCUT2D eigenvalue weighted by Crippen LogP contribution is -2.49. The molecule has 0 spiro atoms. The van der Waals surface area contributed by atoms with E-state index < -0.39 is 16.0 Å². The second-order valence-electron chi connectivity index (χ2n) is 7.93. The maximum absolute atomic E-state index is 13.0. The topological polar surface area (TPSA) is 128 Å². The average Bonchev–Trinajstić information content (AvgIpc) is 2.83. The summed E-state index contributed by atoms with van der Waals surface area (Å²) in [4.78, 5) is 27.6. The van der Waals surface area contributed by atoms with Gasteiger partial charge in [0.1, 0.15) is 5.75 Å². The molecule has 0 unspecified atom stereocenters. The van der Waals surface area contributed by atoms with E-state index in [0.717, 1.165) is 6.42 Å². The number of hydrogen-bond donors (Lipinski definition) is 3. The van der Waals surface area contributed by atoms with Crippen LogP contribution >= 0.6 is 0 Å². The fraction of sp³-hybridized carbons (Fsp3) is 0.391. The number of benzene rings is 2. The van der Waals surface area contributed by atoms with E-state index in [1.807, 2.05) is 16.7 Å². The summed E-state index contributed by atoms with van der Waals surface area (Å²) in [5.41, 5.74) is 0.740. The zero-order chi connectivity index (χ0) is 24.7. The number of amides is 1. The van der Waals surface area contributed by atoms with Gasteiger partial charge in [-0.1, -0.05) is 6.92 Å². The van der Waals surface area contributed by atoms with Crippen LogP contribution < -0.4 is 19.7 Å². The number of anilines is 2. The molecule has 34 heavy (non-hydrogen) atoms. The number of sulfonamides is 1. The molecule has 10 nitrogen and oxygen atoms in total. The van der Waals surface area contributed by atoms with Crippen molar-refractivity contribution >= 4 is 33.3 Å². The van der Waals surface area contributed by atoms with Gasteiger partial charge in [0.05, 0.1) is 35.5 Å². The quantitative estimate of drug-likeness (QED) is 0.460. The molecule has 184 valence electrons. The molecule has 1 amide bonds. The first-order valence-electron chi connectivity index (χ1n) is 11.0. The number of methoxy groups -OCH3 is 1. The van der Waals surface area contributed by atoms with Crippen molar-refractivity contribution in [3.8, 4) is 5.75 Å². The molecule has 1 aliphatic rings. The number of ether oxygens (including phenoxy) is 1. The lowest BCUT2D eigenvalue weighted by molar-refractivity contribution is -0.122. The van der Waals surface area contributed by atoms with Gasteiger partial charge in [0.2, 0.25) is 5.91 Å². The van der Waals surface area contributed by atoms with E-state index in [4.69, 9.17) is 4.74 Å². The van der Waals surface area contributed by atoms with Gasteiger partial charge in [-0.15, -0.1) is 0 Å². The van der Waals surface area contributed by atoms with Crippen LogP contribution in [0.2, 0.25) is 0 Å². The first-order valence-corrected chi connectivity index (χ1v) is 12.5. The van der Waals surface area contributed by atoms with Crippen molar-refractivity contribution in [3.05, 3.63) is 48.0 Å². The largest absolute Gasteiger partial charge is 0.497 e. The van der Waals surface area contributed by atoms with Crippen LogP contribution in [0, 0.1) is 0 Å². The number of piperazine rings is 1. The Bertz CT molecular complexity index is 1110. The lowest BCUT2D eigenvalue weighted by atomic mass is 10.1. The van der Waals surface area contributed by atoms with Crippen LogP contribution in [0.4, 0.5) is 11.4 Å². The van der Waals surface area contributed by atoms with Crippen molar-refractivity contribution in [1.29, 1.82) is 0 Å². The molecule has 0 atom stereocenters. The van der Waals surface area contributed by atoms with Crippen LogP contribution in [0.15, 0.2) is 47.4 Å². The third-order valence-corrected chi connectivity index (χ3v) is 6.89. The molecule has 1 fully saturated rings. The summed E-state index contributed by atoms with van der Waals surface area (Å²) in [6.07, 6.45) is 0.876. The Hall–Kier alpha value is -3.31. The molecule has 3 rings (SSSR count). The second kappa shape index (κ2) is 11.2. The second-order valence-corrected chi connectivity index (χ2v) is 9.61. The van der Waals surface area contributed by atoms with Gasteiger partial charge in [0.25, 0.3) is 10.0 Å². The molecule has 2 aromatic carbocycles. The maximum atomic E-state index is 13.0. The van der Waals surface area contributed by atoms with Gasteiger partial charge >= 0.3 is 5.97 Å². The minimum absolute atomic E-state index is 0.0194. The monoisotopic (exact) mass is 490 g/mol. The summed E-state index contributed by atoms with van der Waals surface area (Å²) in [6, 6.07) is 10.3. The molecule has 3 N–H and O–H groups in total. The van der Waals surface area contributed by atoms with E-state index in [9.17, 15) is 23.1 Å². The number of carboxylic acid groups (broad SMARTS) is 1. The number of carbonyl (C=O) groups excluding carboxylic acids is 1. The minimum Gasteiger partial charge on any atom is -0.497 e. The van der Waals surface area contributed by atoms with E-state index in [0.29, 0.717) is 50.7 Å². The highest BCUT2D eigenvalue weighted by Gasteiger charge is 2.24. The Kier molecular flexibility index (Phi) is 8.35. The van der Waals surface area contributed by atoms with Gasteiger partial charge in [-0.05, 0) is 48.9 Å². The summed E-state index contributed by atoms with van der Waals surface area (Å²) in [5.74, 6) is -0.651. The molecule has 1 saturated heterocycles. The van der Waals surface area contributed by atoms with E-state index in [1.54, 1.807) is 18.2 Å². The zero-order valence-electron chi connectivity index (χ0n) is 19.3. The smallest absolute Gasteiger partial charge is 0.335 e. The Morgan fingerprint density at radius 2 is 1.74 bits per heavy atom. The Morgan fingerprint density at radius 3 is 2.32 bits per heavy atom. The van der Waals surface area contributed by atoms with Crippen molar-refractivity contribution < 1.29 is 27.9 Å². The van der Waals surface area contributed by atoms with Gasteiger partial charge in [0, 0.05) is 32.7 Å². The highest BCUT2D eigenvalue weighted by atomic mass is 32.2. The van der Waals surface area contributed by atoms with Gasteiger partial charge < -0.3 is 20.1 Å². The normalized spacial score (nSPS) is 14.5. The number of nitrogens with zero attached hydrogens (tertiary/aromatic N) is 2. The molecule has 1 heterocycles. The van der Waals surface area contributed by atoms with Crippen molar-refractivity contribution in [1.82, 2.24) is 10.2 Å². The van der Waals surface area contributed by atoms with Crippen LogP contribution in [-0.4, -0.2) is 76.7 Å². The fourth-order valence-corrected chi connectivity index (χ4v) is 4.72. The predicted molar refractivity (Wildman–Crippen MR) is 129 cm³/mol. The molecular weight excluding hydrogens is 460 g/mol. The molecule has 0 aliphatic carbocycles. The molecule has 2 aromatic rings. The average molecular weight is 491 g/mol. The summed E-state index contributed by atoms with van der Waals surface area (Å²) < 4.78 is 33.6. The van der Waals surface area contributed by atoms with E-state index >= 15 is 0 Å². The first kappa shape index (κ1) is 25.3. The summed E-state index contributed by atoms with van der Waals surface area (Å²) in [6.45, 7) is 5.30. The van der Waals surface area contributed by atoms with E-state index in [1.165, 1.54) is 31.4 Å². The number of aromatic carboxylic acids is 1. The molecule has 0 radical (unpaired) electrons. The maximum Gasteiger partial charge on any atom is 0.335 e. The Labute approximate surface area is 199 Å². The summed E-state index contributed by atoms with van der Waals surface area (Å²) >= 11 is 0. The third-order valence-electron chi connectivity index (χ3n) is 5.51. The molecule has 0 saturated carbocycles. The van der Waals surface area contributed by atoms with E-state index in [-0.39, 0.29) is 22.1 Å².